The number of carbonyl (C=O) groups excluding carboxylic acids is 1. The van der Waals surface area contributed by atoms with Crippen molar-refractivity contribution in [2.75, 3.05) is 29.9 Å². The van der Waals surface area contributed by atoms with Crippen LogP contribution in [0.2, 0.25) is 0 Å². The van der Waals surface area contributed by atoms with Gasteiger partial charge in [-0.25, -0.2) is 4.79 Å². The fraction of sp³-hybridized carbons (Fsp3) is 0.562. The largest absolute Gasteiger partial charge is 0.450 e. The first-order chi connectivity index (χ1) is 10.8. The lowest BCUT2D eigenvalue weighted by Crippen LogP contribution is -2.27. The lowest BCUT2D eigenvalue weighted by atomic mass is 10.1. The maximum Gasteiger partial charge on any atom is 0.416 e. The summed E-state index contributed by atoms with van der Waals surface area (Å²) in [5.41, 5.74) is -0.129. The molecule has 0 atom stereocenters. The first-order valence-corrected chi connectivity index (χ1v) is 7.73. The lowest BCUT2D eigenvalue weighted by molar-refractivity contribution is -0.137. The number of hydrogen-bond donors (Lipinski definition) is 1. The minimum Gasteiger partial charge on any atom is -0.450 e. The second kappa shape index (κ2) is 8.64. The summed E-state index contributed by atoms with van der Waals surface area (Å²) < 4.78 is 43.6. The Morgan fingerprint density at radius 2 is 1.78 bits per heavy atom. The van der Waals surface area contributed by atoms with E-state index in [1.165, 1.54) is 6.07 Å². The molecule has 0 aromatic heterocycles. The zero-order valence-corrected chi connectivity index (χ0v) is 13.7. The van der Waals surface area contributed by atoms with E-state index < -0.39 is 17.8 Å². The van der Waals surface area contributed by atoms with Crippen LogP contribution in [0.25, 0.3) is 0 Å². The Morgan fingerprint density at radius 1 is 1.17 bits per heavy atom. The fourth-order valence-corrected chi connectivity index (χ4v) is 2.26. The van der Waals surface area contributed by atoms with Crippen LogP contribution in [0.3, 0.4) is 0 Å². The van der Waals surface area contributed by atoms with Gasteiger partial charge in [-0.15, -0.1) is 0 Å². The van der Waals surface area contributed by atoms with Crippen molar-refractivity contribution in [3.63, 3.8) is 0 Å². The number of ether oxygens (including phenoxy) is 1. The summed E-state index contributed by atoms with van der Waals surface area (Å²) in [5, 5.41) is 2.42. The molecule has 0 fully saturated rings. The SMILES string of the molecule is CCCN(CCC)c1ccc(C(F)(F)F)cc1NC(=O)OCC. The van der Waals surface area contributed by atoms with Crippen LogP contribution in [0.15, 0.2) is 18.2 Å². The number of nitrogens with one attached hydrogen (secondary N) is 1. The van der Waals surface area contributed by atoms with Gasteiger partial charge in [0.25, 0.3) is 0 Å². The monoisotopic (exact) mass is 332 g/mol. The first kappa shape index (κ1) is 19.1. The number of rotatable bonds is 7. The summed E-state index contributed by atoms with van der Waals surface area (Å²) in [5.74, 6) is 0. The van der Waals surface area contributed by atoms with E-state index in [-0.39, 0.29) is 12.3 Å². The average Bonchev–Trinajstić information content (AvgIpc) is 2.46. The third-order valence-corrected chi connectivity index (χ3v) is 3.16. The molecule has 0 saturated carbocycles. The molecule has 7 heteroatoms. The Hall–Kier alpha value is -1.92. The highest BCUT2D eigenvalue weighted by molar-refractivity contribution is 5.90. The van der Waals surface area contributed by atoms with Crippen LogP contribution in [-0.2, 0) is 10.9 Å². The molecule has 23 heavy (non-hydrogen) atoms. The predicted octanol–water partition coefficient (Wildman–Crippen LogP) is 4.90. The molecule has 0 aliphatic rings. The van der Waals surface area contributed by atoms with Crippen molar-refractivity contribution in [1.82, 2.24) is 0 Å². The van der Waals surface area contributed by atoms with Gasteiger partial charge < -0.3 is 9.64 Å². The van der Waals surface area contributed by atoms with E-state index in [2.05, 4.69) is 5.32 Å². The Balaban J connectivity index is 3.23. The molecule has 130 valence electrons. The second-order valence-electron chi connectivity index (χ2n) is 5.06. The second-order valence-corrected chi connectivity index (χ2v) is 5.06. The third kappa shape index (κ3) is 5.65. The van der Waals surface area contributed by atoms with Crippen LogP contribution in [0.5, 0.6) is 0 Å². The Labute approximate surface area is 134 Å². The Bertz CT molecular complexity index is 513. The van der Waals surface area contributed by atoms with Gasteiger partial charge >= 0.3 is 12.3 Å². The van der Waals surface area contributed by atoms with Gasteiger partial charge in [-0.3, -0.25) is 5.32 Å². The molecule has 0 spiro atoms. The van der Waals surface area contributed by atoms with E-state index in [4.69, 9.17) is 4.74 Å². The molecule has 0 saturated heterocycles. The van der Waals surface area contributed by atoms with Crippen molar-refractivity contribution in [3.05, 3.63) is 23.8 Å². The van der Waals surface area contributed by atoms with Gasteiger partial charge in [-0.1, -0.05) is 13.8 Å². The minimum absolute atomic E-state index is 0.111. The molecule has 1 rings (SSSR count). The minimum atomic E-state index is -4.47. The smallest absolute Gasteiger partial charge is 0.416 e. The van der Waals surface area contributed by atoms with Crippen LogP contribution in [0.1, 0.15) is 39.2 Å². The first-order valence-electron chi connectivity index (χ1n) is 7.73. The van der Waals surface area contributed by atoms with Crippen molar-refractivity contribution in [2.45, 2.75) is 39.8 Å². The van der Waals surface area contributed by atoms with E-state index >= 15 is 0 Å². The van der Waals surface area contributed by atoms with Gasteiger partial charge in [-0.2, -0.15) is 13.2 Å². The number of carbonyl (C=O) groups is 1. The number of nitrogens with zero attached hydrogens (tertiary/aromatic N) is 1. The molecule has 0 aliphatic heterocycles. The van der Waals surface area contributed by atoms with Gasteiger partial charge in [0.15, 0.2) is 0 Å². The topological polar surface area (TPSA) is 41.6 Å². The standard InChI is InChI=1S/C16H23F3N2O2/c1-4-9-21(10-5-2)14-8-7-12(16(17,18)19)11-13(14)20-15(22)23-6-3/h7-8,11H,4-6,9-10H2,1-3H3,(H,20,22). The van der Waals surface area contributed by atoms with E-state index in [0.717, 1.165) is 25.0 Å². The molecule has 1 N–H and O–H groups in total. The van der Waals surface area contributed by atoms with E-state index in [0.29, 0.717) is 18.8 Å². The van der Waals surface area contributed by atoms with Gasteiger partial charge in [0.2, 0.25) is 0 Å². The van der Waals surface area contributed by atoms with Crippen LogP contribution in [0, 0.1) is 0 Å². The number of alkyl halides is 3. The van der Waals surface area contributed by atoms with Gasteiger partial charge in [0, 0.05) is 13.1 Å². The highest BCUT2D eigenvalue weighted by Crippen LogP contribution is 2.35. The molecule has 0 aliphatic carbocycles. The fourth-order valence-electron chi connectivity index (χ4n) is 2.26. The van der Waals surface area contributed by atoms with Crippen molar-refractivity contribution in [3.8, 4) is 0 Å². The van der Waals surface area contributed by atoms with Crippen molar-refractivity contribution < 1.29 is 22.7 Å². The van der Waals surface area contributed by atoms with Crippen LogP contribution in [-0.4, -0.2) is 25.8 Å². The van der Waals surface area contributed by atoms with Crippen molar-refractivity contribution in [1.29, 1.82) is 0 Å². The zero-order valence-electron chi connectivity index (χ0n) is 13.7. The van der Waals surface area contributed by atoms with Gasteiger partial charge in [-0.05, 0) is 38.0 Å². The van der Waals surface area contributed by atoms with Gasteiger partial charge in [0.05, 0.1) is 23.5 Å². The molecule has 4 nitrogen and oxygen atoms in total. The molecule has 1 aromatic carbocycles. The molecule has 0 bridgehead atoms. The highest BCUT2D eigenvalue weighted by Gasteiger charge is 2.31. The maximum atomic E-state index is 12.9. The number of amides is 1. The number of hydrogen-bond acceptors (Lipinski definition) is 3. The summed E-state index contributed by atoms with van der Waals surface area (Å²) >= 11 is 0. The van der Waals surface area contributed by atoms with Crippen LogP contribution < -0.4 is 10.2 Å². The number of halogens is 3. The predicted molar refractivity (Wildman–Crippen MR) is 84.9 cm³/mol. The summed E-state index contributed by atoms with van der Waals surface area (Å²) in [6.07, 6.45) is -3.54. The van der Waals surface area contributed by atoms with E-state index in [9.17, 15) is 18.0 Å². The van der Waals surface area contributed by atoms with E-state index in [1.807, 2.05) is 18.7 Å². The van der Waals surface area contributed by atoms with Crippen LogP contribution >= 0.6 is 0 Å². The normalized spacial score (nSPS) is 11.2. The summed E-state index contributed by atoms with van der Waals surface area (Å²) in [4.78, 5) is 13.6. The summed E-state index contributed by atoms with van der Waals surface area (Å²) in [7, 11) is 0. The number of anilines is 2. The third-order valence-electron chi connectivity index (χ3n) is 3.16. The molecule has 1 aromatic rings. The Kier molecular flexibility index (Phi) is 7.19. The lowest BCUT2D eigenvalue weighted by Gasteiger charge is -2.27. The average molecular weight is 332 g/mol. The molecule has 0 unspecified atom stereocenters. The van der Waals surface area contributed by atoms with Crippen LogP contribution in [0.4, 0.5) is 29.3 Å². The summed E-state index contributed by atoms with van der Waals surface area (Å²) in [6, 6.07) is 3.38. The van der Waals surface area contributed by atoms with Crippen molar-refractivity contribution in [2.24, 2.45) is 0 Å². The number of benzene rings is 1. The molecule has 0 heterocycles. The quantitative estimate of drug-likeness (QED) is 0.772. The molecular formula is C16H23F3N2O2. The molecular weight excluding hydrogens is 309 g/mol. The molecule has 0 radical (unpaired) electrons. The maximum absolute atomic E-state index is 12.9. The zero-order chi connectivity index (χ0) is 17.5. The highest BCUT2D eigenvalue weighted by atomic mass is 19.4. The van der Waals surface area contributed by atoms with Crippen molar-refractivity contribution >= 4 is 17.5 Å². The molecule has 1 amide bonds. The van der Waals surface area contributed by atoms with Gasteiger partial charge in [0.1, 0.15) is 0 Å². The summed E-state index contributed by atoms with van der Waals surface area (Å²) in [6.45, 7) is 7.14. The Morgan fingerprint density at radius 3 is 2.26 bits per heavy atom. The van der Waals surface area contributed by atoms with E-state index in [1.54, 1.807) is 6.92 Å².